The third-order valence-electron chi connectivity index (χ3n) is 2.26. The van der Waals surface area contributed by atoms with Gasteiger partial charge in [-0.3, -0.25) is 0 Å². The van der Waals surface area contributed by atoms with Gasteiger partial charge in [0, 0.05) is 6.04 Å². The Morgan fingerprint density at radius 3 is 2.75 bits per heavy atom. The van der Waals surface area contributed by atoms with Crippen LogP contribution in [-0.2, 0) is 0 Å². The number of nitrogens with two attached hydrogens (primary N) is 2. The zero-order valence-electron chi connectivity index (χ0n) is 6.90. The summed E-state index contributed by atoms with van der Waals surface area (Å²) in [6, 6.07) is 5.72. The molecule has 4 N–H and O–H groups in total. The molecule has 1 saturated carbocycles. The highest BCUT2D eigenvalue weighted by Gasteiger charge is 2.30. The maximum atomic E-state index is 5.95. The molecule has 0 aliphatic heterocycles. The van der Waals surface area contributed by atoms with Crippen LogP contribution in [0.15, 0.2) is 18.2 Å². The fourth-order valence-corrected chi connectivity index (χ4v) is 1.35. The van der Waals surface area contributed by atoms with Gasteiger partial charge in [-0.2, -0.15) is 0 Å². The van der Waals surface area contributed by atoms with E-state index in [0.717, 1.165) is 5.69 Å². The molecule has 0 spiro atoms. The Morgan fingerprint density at radius 2 is 2.17 bits per heavy atom. The van der Waals surface area contributed by atoms with E-state index in [9.17, 15) is 0 Å². The highest BCUT2D eigenvalue weighted by Crippen LogP contribution is 2.38. The molecule has 1 aromatic rings. The molecule has 0 aromatic carbocycles. The van der Waals surface area contributed by atoms with Crippen molar-refractivity contribution in [1.29, 1.82) is 0 Å². The van der Waals surface area contributed by atoms with Gasteiger partial charge in [0.25, 0.3) is 0 Å². The molecule has 1 unspecified atom stereocenters. The number of aromatic nitrogens is 1. The second-order valence-electron chi connectivity index (χ2n) is 3.35. The number of nitrogens with zero attached hydrogens (tertiary/aromatic N) is 1. The van der Waals surface area contributed by atoms with Crippen LogP contribution in [0.4, 0.5) is 5.82 Å². The van der Waals surface area contributed by atoms with Crippen LogP contribution in [0.25, 0.3) is 0 Å². The number of hydrogen-bond acceptors (Lipinski definition) is 3. The summed E-state index contributed by atoms with van der Waals surface area (Å²) in [5, 5.41) is 0. The molecule has 1 aliphatic rings. The molecule has 64 valence electrons. The zero-order valence-corrected chi connectivity index (χ0v) is 6.90. The maximum Gasteiger partial charge on any atom is 0.123 e. The molecule has 0 saturated heterocycles. The van der Waals surface area contributed by atoms with Gasteiger partial charge in [-0.15, -0.1) is 0 Å². The second kappa shape index (κ2) is 2.75. The fraction of sp³-hybridized carbons (Fsp3) is 0.444. The number of pyridine rings is 1. The van der Waals surface area contributed by atoms with Gasteiger partial charge >= 0.3 is 0 Å². The first-order chi connectivity index (χ1) is 5.77. The lowest BCUT2D eigenvalue weighted by molar-refractivity contribution is 0.616. The van der Waals surface area contributed by atoms with Gasteiger partial charge in [-0.25, -0.2) is 4.98 Å². The Hall–Kier alpha value is -1.09. The number of rotatable bonds is 2. The van der Waals surface area contributed by atoms with Crippen molar-refractivity contribution in [3.05, 3.63) is 23.9 Å². The number of anilines is 1. The van der Waals surface area contributed by atoms with E-state index in [1.165, 1.54) is 12.8 Å². The Balaban J connectivity index is 2.20. The summed E-state index contributed by atoms with van der Waals surface area (Å²) in [5.41, 5.74) is 12.4. The van der Waals surface area contributed by atoms with E-state index in [4.69, 9.17) is 11.5 Å². The summed E-state index contributed by atoms with van der Waals surface area (Å²) in [7, 11) is 0. The third-order valence-corrected chi connectivity index (χ3v) is 2.26. The summed E-state index contributed by atoms with van der Waals surface area (Å²) in [6.07, 6.45) is 2.47. The van der Waals surface area contributed by atoms with Crippen LogP contribution in [0, 0.1) is 5.92 Å². The zero-order chi connectivity index (χ0) is 8.55. The molecule has 1 heterocycles. The Morgan fingerprint density at radius 1 is 1.42 bits per heavy atom. The van der Waals surface area contributed by atoms with Crippen LogP contribution in [0.2, 0.25) is 0 Å². The molecule has 12 heavy (non-hydrogen) atoms. The molecule has 1 aromatic heterocycles. The minimum atomic E-state index is 0.0912. The maximum absolute atomic E-state index is 5.95. The van der Waals surface area contributed by atoms with Crippen molar-refractivity contribution < 1.29 is 0 Å². The third kappa shape index (κ3) is 1.41. The molecule has 1 fully saturated rings. The van der Waals surface area contributed by atoms with Gasteiger partial charge < -0.3 is 11.5 Å². The minimum Gasteiger partial charge on any atom is -0.384 e. The lowest BCUT2D eigenvalue weighted by Crippen LogP contribution is -2.14. The van der Waals surface area contributed by atoms with Crippen molar-refractivity contribution in [3.63, 3.8) is 0 Å². The van der Waals surface area contributed by atoms with E-state index in [2.05, 4.69) is 4.98 Å². The van der Waals surface area contributed by atoms with Crippen LogP contribution in [-0.4, -0.2) is 4.98 Å². The van der Waals surface area contributed by atoms with Crippen LogP contribution < -0.4 is 11.5 Å². The quantitative estimate of drug-likeness (QED) is 0.685. The fourth-order valence-electron chi connectivity index (χ4n) is 1.35. The van der Waals surface area contributed by atoms with Crippen LogP contribution >= 0.6 is 0 Å². The Kier molecular flexibility index (Phi) is 1.73. The predicted octanol–water partition coefficient (Wildman–Crippen LogP) is 1.07. The van der Waals surface area contributed by atoms with Gasteiger partial charge in [0.1, 0.15) is 5.82 Å². The van der Waals surface area contributed by atoms with Gasteiger partial charge in [0.05, 0.1) is 5.69 Å². The molecular formula is C9H13N3. The first kappa shape index (κ1) is 7.55. The van der Waals surface area contributed by atoms with E-state index < -0.39 is 0 Å². The average Bonchev–Trinajstić information content (AvgIpc) is 2.85. The van der Waals surface area contributed by atoms with E-state index in [-0.39, 0.29) is 6.04 Å². The van der Waals surface area contributed by atoms with Crippen molar-refractivity contribution in [2.75, 3.05) is 5.73 Å². The van der Waals surface area contributed by atoms with Crippen molar-refractivity contribution in [2.24, 2.45) is 11.7 Å². The molecule has 2 rings (SSSR count). The summed E-state index contributed by atoms with van der Waals surface area (Å²) in [4.78, 5) is 4.19. The molecule has 1 aliphatic carbocycles. The van der Waals surface area contributed by atoms with Crippen molar-refractivity contribution >= 4 is 5.82 Å². The number of hydrogen-bond donors (Lipinski definition) is 2. The van der Waals surface area contributed by atoms with Gasteiger partial charge in [0.2, 0.25) is 0 Å². The van der Waals surface area contributed by atoms with E-state index in [1.54, 1.807) is 6.07 Å². The molecule has 0 amide bonds. The SMILES string of the molecule is Nc1cccc(C(N)C2CC2)n1. The molecule has 0 bridgehead atoms. The van der Waals surface area contributed by atoms with Crippen molar-refractivity contribution in [3.8, 4) is 0 Å². The molecule has 3 nitrogen and oxygen atoms in total. The van der Waals surface area contributed by atoms with Gasteiger partial charge in [0.15, 0.2) is 0 Å². The summed E-state index contributed by atoms with van der Waals surface area (Å²) in [5.74, 6) is 1.20. The van der Waals surface area contributed by atoms with Crippen LogP contribution in [0.3, 0.4) is 0 Å². The lowest BCUT2D eigenvalue weighted by atomic mass is 10.1. The van der Waals surface area contributed by atoms with Crippen LogP contribution in [0.1, 0.15) is 24.6 Å². The average molecular weight is 163 g/mol. The Labute approximate surface area is 71.8 Å². The molecule has 1 atom stereocenters. The predicted molar refractivity (Wildman–Crippen MR) is 48.3 cm³/mol. The molecule has 3 heteroatoms. The highest BCUT2D eigenvalue weighted by atomic mass is 14.9. The van der Waals surface area contributed by atoms with E-state index in [1.807, 2.05) is 12.1 Å². The summed E-state index contributed by atoms with van der Waals surface area (Å²) < 4.78 is 0. The highest BCUT2D eigenvalue weighted by molar-refractivity contribution is 5.30. The molecule has 0 radical (unpaired) electrons. The largest absolute Gasteiger partial charge is 0.384 e. The summed E-state index contributed by atoms with van der Waals surface area (Å²) >= 11 is 0. The van der Waals surface area contributed by atoms with Gasteiger partial charge in [-0.05, 0) is 30.9 Å². The molecular weight excluding hydrogens is 150 g/mol. The second-order valence-corrected chi connectivity index (χ2v) is 3.35. The minimum absolute atomic E-state index is 0.0912. The van der Waals surface area contributed by atoms with Crippen LogP contribution in [0.5, 0.6) is 0 Å². The normalized spacial score (nSPS) is 19.1. The standard InChI is InChI=1S/C9H13N3/c10-8-3-1-2-7(12-8)9(11)6-4-5-6/h1-3,6,9H,4-5,11H2,(H2,10,12). The lowest BCUT2D eigenvalue weighted by Gasteiger charge is -2.09. The smallest absolute Gasteiger partial charge is 0.123 e. The van der Waals surface area contributed by atoms with Crippen molar-refractivity contribution in [2.45, 2.75) is 18.9 Å². The first-order valence-electron chi connectivity index (χ1n) is 4.25. The van der Waals surface area contributed by atoms with E-state index in [0.29, 0.717) is 11.7 Å². The van der Waals surface area contributed by atoms with Crippen molar-refractivity contribution in [1.82, 2.24) is 4.98 Å². The Bertz CT molecular complexity index is 281. The summed E-state index contributed by atoms with van der Waals surface area (Å²) in [6.45, 7) is 0. The first-order valence-corrected chi connectivity index (χ1v) is 4.25. The van der Waals surface area contributed by atoms with E-state index >= 15 is 0 Å². The topological polar surface area (TPSA) is 64.9 Å². The monoisotopic (exact) mass is 163 g/mol. The van der Waals surface area contributed by atoms with Gasteiger partial charge in [-0.1, -0.05) is 6.07 Å². The number of nitrogen functional groups attached to an aromatic ring is 1.